The molecule has 1 unspecified atom stereocenters. The molecule has 1 aliphatic carbocycles. The van der Waals surface area contributed by atoms with Crippen LogP contribution in [0.3, 0.4) is 0 Å². The van der Waals surface area contributed by atoms with Gasteiger partial charge in [0.1, 0.15) is 0 Å². The minimum absolute atomic E-state index is 0.0117. The summed E-state index contributed by atoms with van der Waals surface area (Å²) < 4.78 is 11.8. The van der Waals surface area contributed by atoms with E-state index in [1.165, 1.54) is 12.8 Å². The van der Waals surface area contributed by atoms with Crippen LogP contribution in [0.2, 0.25) is 0 Å². The molecule has 0 radical (unpaired) electrons. The Labute approximate surface area is 122 Å². The van der Waals surface area contributed by atoms with Gasteiger partial charge in [-0.1, -0.05) is 30.3 Å². The number of carbonyl (C=O) groups is 1. The highest BCUT2D eigenvalue weighted by Crippen LogP contribution is 2.27. The van der Waals surface area contributed by atoms with Gasteiger partial charge in [-0.25, -0.2) is 0 Å². The molecule has 1 atom stereocenters. The van der Waals surface area contributed by atoms with Crippen molar-refractivity contribution in [2.45, 2.75) is 18.6 Å². The van der Waals surface area contributed by atoms with Crippen LogP contribution < -0.4 is 10.6 Å². The Morgan fingerprint density at radius 2 is 2.00 bits per heavy atom. The first-order chi connectivity index (χ1) is 9.74. The van der Waals surface area contributed by atoms with E-state index in [1.54, 1.807) is 0 Å². The third-order valence-electron chi connectivity index (χ3n) is 3.24. The van der Waals surface area contributed by atoms with Crippen molar-refractivity contribution in [1.29, 1.82) is 0 Å². The molecular formula is C15H22N2O2S. The second kappa shape index (κ2) is 8.17. The predicted octanol–water partition coefficient (Wildman–Crippen LogP) is 1.05. The molecular weight excluding hydrogens is 272 g/mol. The van der Waals surface area contributed by atoms with E-state index in [9.17, 15) is 9.00 Å². The Bertz CT molecular complexity index is 446. The molecule has 0 aliphatic heterocycles. The van der Waals surface area contributed by atoms with Crippen LogP contribution in [0.25, 0.3) is 0 Å². The third kappa shape index (κ3) is 6.30. The highest BCUT2D eigenvalue weighted by molar-refractivity contribution is 7.84. The van der Waals surface area contributed by atoms with Crippen molar-refractivity contribution in [2.24, 2.45) is 5.92 Å². The fourth-order valence-electron chi connectivity index (χ4n) is 1.91. The van der Waals surface area contributed by atoms with Gasteiger partial charge in [0.2, 0.25) is 5.91 Å². The summed E-state index contributed by atoms with van der Waals surface area (Å²) in [5.41, 5.74) is 1.07. The largest absolute Gasteiger partial charge is 0.354 e. The van der Waals surface area contributed by atoms with Crippen molar-refractivity contribution < 1.29 is 9.00 Å². The van der Waals surface area contributed by atoms with E-state index >= 15 is 0 Å². The Balaban J connectivity index is 1.53. The van der Waals surface area contributed by atoms with E-state index in [4.69, 9.17) is 0 Å². The SMILES string of the molecule is O=C(CNCC1CC1)NCCS(=O)Cc1ccccc1. The van der Waals surface area contributed by atoms with Crippen molar-refractivity contribution in [3.05, 3.63) is 35.9 Å². The first kappa shape index (κ1) is 15.2. The number of nitrogens with one attached hydrogen (secondary N) is 2. The lowest BCUT2D eigenvalue weighted by molar-refractivity contribution is -0.120. The van der Waals surface area contributed by atoms with E-state index in [0.29, 0.717) is 24.6 Å². The summed E-state index contributed by atoms with van der Waals surface area (Å²) in [5.74, 6) is 1.82. The van der Waals surface area contributed by atoms with Gasteiger partial charge in [-0.2, -0.15) is 0 Å². The number of rotatable bonds is 9. The second-order valence-corrected chi connectivity index (χ2v) is 6.77. The van der Waals surface area contributed by atoms with E-state index < -0.39 is 10.8 Å². The first-order valence-electron chi connectivity index (χ1n) is 7.10. The minimum Gasteiger partial charge on any atom is -0.354 e. The molecule has 0 bridgehead atoms. The van der Waals surface area contributed by atoms with E-state index in [0.717, 1.165) is 18.0 Å². The second-order valence-electron chi connectivity index (χ2n) is 5.20. The molecule has 2 rings (SSSR count). The van der Waals surface area contributed by atoms with Gasteiger partial charge < -0.3 is 10.6 Å². The van der Waals surface area contributed by atoms with Crippen LogP contribution in [-0.4, -0.2) is 35.5 Å². The zero-order valence-corrected chi connectivity index (χ0v) is 12.5. The lowest BCUT2D eigenvalue weighted by atomic mass is 10.2. The molecule has 1 amide bonds. The van der Waals surface area contributed by atoms with Crippen LogP contribution in [0.4, 0.5) is 0 Å². The average Bonchev–Trinajstić information content (AvgIpc) is 3.24. The molecule has 1 saturated carbocycles. The lowest BCUT2D eigenvalue weighted by Gasteiger charge is -2.06. The van der Waals surface area contributed by atoms with Crippen LogP contribution in [0.5, 0.6) is 0 Å². The molecule has 0 heterocycles. The quantitative estimate of drug-likeness (QED) is 0.716. The number of hydrogen-bond acceptors (Lipinski definition) is 3. The summed E-state index contributed by atoms with van der Waals surface area (Å²) in [7, 11) is -0.926. The van der Waals surface area contributed by atoms with Crippen molar-refractivity contribution in [3.8, 4) is 0 Å². The molecule has 0 spiro atoms. The van der Waals surface area contributed by atoms with Crippen molar-refractivity contribution >= 4 is 16.7 Å². The number of amides is 1. The molecule has 1 aliphatic rings. The predicted molar refractivity (Wildman–Crippen MR) is 81.8 cm³/mol. The summed E-state index contributed by atoms with van der Waals surface area (Å²) in [6, 6.07) is 9.78. The Morgan fingerprint density at radius 3 is 2.70 bits per heavy atom. The van der Waals surface area contributed by atoms with E-state index in [2.05, 4.69) is 10.6 Å². The van der Waals surface area contributed by atoms with Gasteiger partial charge in [0.15, 0.2) is 0 Å². The normalized spacial score (nSPS) is 15.8. The maximum atomic E-state index is 11.8. The van der Waals surface area contributed by atoms with Crippen LogP contribution in [0.1, 0.15) is 18.4 Å². The number of carbonyl (C=O) groups excluding carboxylic acids is 1. The Kier molecular flexibility index (Phi) is 6.21. The summed E-state index contributed by atoms with van der Waals surface area (Å²) in [4.78, 5) is 11.5. The fraction of sp³-hybridized carbons (Fsp3) is 0.533. The van der Waals surface area contributed by atoms with Gasteiger partial charge in [-0.05, 0) is 30.9 Å². The Hall–Kier alpha value is -1.20. The highest BCUT2D eigenvalue weighted by atomic mass is 32.2. The maximum Gasteiger partial charge on any atom is 0.233 e. The highest BCUT2D eigenvalue weighted by Gasteiger charge is 2.20. The summed E-state index contributed by atoms with van der Waals surface area (Å²) >= 11 is 0. The van der Waals surface area contributed by atoms with Crippen LogP contribution in [-0.2, 0) is 21.3 Å². The van der Waals surface area contributed by atoms with Gasteiger partial charge in [-0.3, -0.25) is 9.00 Å². The third-order valence-corrected chi connectivity index (χ3v) is 4.55. The molecule has 4 nitrogen and oxygen atoms in total. The summed E-state index contributed by atoms with van der Waals surface area (Å²) in [5, 5.41) is 5.94. The summed E-state index contributed by atoms with van der Waals surface area (Å²) in [6.07, 6.45) is 2.57. The van der Waals surface area contributed by atoms with Gasteiger partial charge in [0.25, 0.3) is 0 Å². The molecule has 5 heteroatoms. The molecule has 1 aromatic carbocycles. The molecule has 2 N–H and O–H groups in total. The lowest BCUT2D eigenvalue weighted by Crippen LogP contribution is -2.36. The molecule has 0 saturated heterocycles. The van der Waals surface area contributed by atoms with Gasteiger partial charge in [0, 0.05) is 28.9 Å². The fourth-order valence-corrected chi connectivity index (χ4v) is 2.95. The zero-order chi connectivity index (χ0) is 14.2. The number of benzene rings is 1. The van der Waals surface area contributed by atoms with Gasteiger partial charge in [0.05, 0.1) is 6.54 Å². The average molecular weight is 294 g/mol. The van der Waals surface area contributed by atoms with E-state index in [-0.39, 0.29) is 5.91 Å². The first-order valence-corrected chi connectivity index (χ1v) is 8.59. The molecule has 110 valence electrons. The molecule has 1 fully saturated rings. The van der Waals surface area contributed by atoms with Crippen molar-refractivity contribution in [2.75, 3.05) is 25.4 Å². The van der Waals surface area contributed by atoms with Crippen molar-refractivity contribution in [3.63, 3.8) is 0 Å². The maximum absolute atomic E-state index is 11.8. The Morgan fingerprint density at radius 1 is 1.25 bits per heavy atom. The standard InChI is InChI=1S/C15H22N2O2S/c18-15(11-16-10-13-6-7-13)17-8-9-20(19)12-14-4-2-1-3-5-14/h1-5,13,16H,6-12H2,(H,17,18). The number of hydrogen-bond donors (Lipinski definition) is 2. The molecule has 20 heavy (non-hydrogen) atoms. The molecule has 1 aromatic rings. The van der Waals surface area contributed by atoms with Crippen molar-refractivity contribution in [1.82, 2.24) is 10.6 Å². The van der Waals surface area contributed by atoms with Crippen LogP contribution in [0, 0.1) is 5.92 Å². The molecule has 0 aromatic heterocycles. The van der Waals surface area contributed by atoms with Gasteiger partial charge in [-0.15, -0.1) is 0 Å². The van der Waals surface area contributed by atoms with Crippen LogP contribution in [0.15, 0.2) is 30.3 Å². The van der Waals surface area contributed by atoms with E-state index in [1.807, 2.05) is 30.3 Å². The zero-order valence-electron chi connectivity index (χ0n) is 11.6. The monoisotopic (exact) mass is 294 g/mol. The summed E-state index contributed by atoms with van der Waals surface area (Å²) in [6.45, 7) is 1.78. The minimum atomic E-state index is -0.926. The smallest absolute Gasteiger partial charge is 0.233 e. The van der Waals surface area contributed by atoms with Crippen LogP contribution >= 0.6 is 0 Å². The topological polar surface area (TPSA) is 58.2 Å². The van der Waals surface area contributed by atoms with Gasteiger partial charge >= 0.3 is 0 Å².